The molecule has 0 spiro atoms. The lowest BCUT2D eigenvalue weighted by Crippen LogP contribution is -1.93. The molecule has 120 valence electrons. The van der Waals surface area contributed by atoms with Crippen LogP contribution < -0.4 is 9.47 Å². The maximum absolute atomic E-state index is 5.69. The fourth-order valence-electron chi connectivity index (χ4n) is 1.50. The first-order chi connectivity index (χ1) is 10.7. The summed E-state index contributed by atoms with van der Waals surface area (Å²) in [5, 5.41) is 1.49. The van der Waals surface area contributed by atoms with Crippen LogP contribution in [-0.4, -0.2) is 13.2 Å². The first-order valence-electron chi connectivity index (χ1n) is 7.42. The Balaban J connectivity index is 0.000000220. The van der Waals surface area contributed by atoms with Gasteiger partial charge in [-0.15, -0.1) is 0 Å². The number of halogens is 2. The molecule has 0 fully saturated rings. The molecule has 0 aliphatic heterocycles. The molecule has 2 aromatic rings. The van der Waals surface area contributed by atoms with Crippen molar-refractivity contribution >= 4 is 23.2 Å². The molecule has 0 radical (unpaired) electrons. The lowest BCUT2D eigenvalue weighted by atomic mass is 10.3. The van der Waals surface area contributed by atoms with E-state index in [1.54, 1.807) is 0 Å². The van der Waals surface area contributed by atoms with Crippen LogP contribution in [0.5, 0.6) is 11.5 Å². The summed E-state index contributed by atoms with van der Waals surface area (Å²) in [6.07, 6.45) is 2.06. The molecule has 0 aliphatic rings. The minimum absolute atomic E-state index is 0.744. The van der Waals surface area contributed by atoms with E-state index in [1.807, 2.05) is 48.5 Å². The maximum atomic E-state index is 5.69. The van der Waals surface area contributed by atoms with Crippen LogP contribution in [0.3, 0.4) is 0 Å². The summed E-state index contributed by atoms with van der Waals surface area (Å²) >= 11 is 11.4. The molecule has 0 N–H and O–H groups in total. The third-order valence-electron chi connectivity index (χ3n) is 2.57. The SMILES string of the molecule is CCCOc1ccc(Cl)cc1.CCCOc1ccc(Cl)cc1. The quantitative estimate of drug-likeness (QED) is 0.617. The standard InChI is InChI=1S/2C9H11ClO/c2*1-2-7-11-9-5-3-8(10)4-6-9/h2*3-6H,2,7H2,1H3. The van der Waals surface area contributed by atoms with Crippen molar-refractivity contribution in [3.63, 3.8) is 0 Å². The van der Waals surface area contributed by atoms with Gasteiger partial charge in [-0.05, 0) is 61.4 Å². The Morgan fingerprint density at radius 3 is 1.23 bits per heavy atom. The summed E-state index contributed by atoms with van der Waals surface area (Å²) in [7, 11) is 0. The van der Waals surface area contributed by atoms with E-state index in [1.165, 1.54) is 0 Å². The highest BCUT2D eigenvalue weighted by Gasteiger charge is 1.91. The van der Waals surface area contributed by atoms with E-state index in [0.717, 1.165) is 47.6 Å². The molecule has 22 heavy (non-hydrogen) atoms. The molecule has 0 bridgehead atoms. The van der Waals surface area contributed by atoms with Gasteiger partial charge in [-0.3, -0.25) is 0 Å². The summed E-state index contributed by atoms with van der Waals surface area (Å²) < 4.78 is 10.7. The summed E-state index contributed by atoms with van der Waals surface area (Å²) in [4.78, 5) is 0. The fourth-order valence-corrected chi connectivity index (χ4v) is 1.75. The molecule has 4 heteroatoms. The van der Waals surface area contributed by atoms with Crippen LogP contribution in [0, 0.1) is 0 Å². The minimum atomic E-state index is 0.744. The minimum Gasteiger partial charge on any atom is -0.494 e. The predicted octanol–water partition coefficient (Wildman–Crippen LogP) is 6.26. The molecular formula is C18H22Cl2O2. The maximum Gasteiger partial charge on any atom is 0.119 e. The Kier molecular flexibility index (Phi) is 9.52. The lowest BCUT2D eigenvalue weighted by molar-refractivity contribution is 0.317. The number of benzene rings is 2. The van der Waals surface area contributed by atoms with Crippen molar-refractivity contribution in [1.29, 1.82) is 0 Å². The van der Waals surface area contributed by atoms with E-state index in [4.69, 9.17) is 32.7 Å². The molecule has 0 aliphatic carbocycles. The highest BCUT2D eigenvalue weighted by molar-refractivity contribution is 6.30. The molecule has 0 saturated carbocycles. The first kappa shape index (κ1) is 18.7. The van der Waals surface area contributed by atoms with Crippen molar-refractivity contribution in [1.82, 2.24) is 0 Å². The van der Waals surface area contributed by atoms with Crippen molar-refractivity contribution in [2.75, 3.05) is 13.2 Å². The fraction of sp³-hybridized carbons (Fsp3) is 0.333. The van der Waals surface area contributed by atoms with E-state index in [0.29, 0.717) is 0 Å². The van der Waals surface area contributed by atoms with Gasteiger partial charge in [0.15, 0.2) is 0 Å². The second-order valence-electron chi connectivity index (χ2n) is 4.60. The predicted molar refractivity (Wildman–Crippen MR) is 94.5 cm³/mol. The number of hydrogen-bond donors (Lipinski definition) is 0. The van der Waals surface area contributed by atoms with Crippen molar-refractivity contribution in [2.45, 2.75) is 26.7 Å². The van der Waals surface area contributed by atoms with Crippen LogP contribution in [-0.2, 0) is 0 Å². The van der Waals surface area contributed by atoms with Crippen LogP contribution in [0.15, 0.2) is 48.5 Å². The van der Waals surface area contributed by atoms with Gasteiger partial charge < -0.3 is 9.47 Å². The summed E-state index contributed by atoms with van der Waals surface area (Å²) in [5.74, 6) is 1.77. The molecule has 0 atom stereocenters. The van der Waals surface area contributed by atoms with Crippen molar-refractivity contribution in [2.24, 2.45) is 0 Å². The zero-order valence-electron chi connectivity index (χ0n) is 13.0. The summed E-state index contributed by atoms with van der Waals surface area (Å²) in [6.45, 7) is 5.69. The third-order valence-corrected chi connectivity index (χ3v) is 3.08. The largest absolute Gasteiger partial charge is 0.494 e. The van der Waals surface area contributed by atoms with Crippen LogP contribution >= 0.6 is 23.2 Å². The Morgan fingerprint density at radius 1 is 0.636 bits per heavy atom. The van der Waals surface area contributed by atoms with Crippen LogP contribution in [0.25, 0.3) is 0 Å². The molecule has 0 aromatic heterocycles. The number of hydrogen-bond acceptors (Lipinski definition) is 2. The smallest absolute Gasteiger partial charge is 0.119 e. The van der Waals surface area contributed by atoms with E-state index >= 15 is 0 Å². The summed E-state index contributed by atoms with van der Waals surface area (Å²) in [6, 6.07) is 14.8. The molecule has 0 saturated heterocycles. The molecule has 0 unspecified atom stereocenters. The monoisotopic (exact) mass is 340 g/mol. The highest BCUT2D eigenvalue weighted by Crippen LogP contribution is 2.16. The number of ether oxygens (including phenoxy) is 2. The van der Waals surface area contributed by atoms with Crippen molar-refractivity contribution in [3.05, 3.63) is 58.6 Å². The van der Waals surface area contributed by atoms with E-state index in [9.17, 15) is 0 Å². The molecule has 0 heterocycles. The first-order valence-corrected chi connectivity index (χ1v) is 8.18. The second-order valence-corrected chi connectivity index (χ2v) is 5.48. The Bertz CT molecular complexity index is 460. The molecule has 2 nitrogen and oxygen atoms in total. The van der Waals surface area contributed by atoms with Gasteiger partial charge in [0.25, 0.3) is 0 Å². The van der Waals surface area contributed by atoms with Gasteiger partial charge in [-0.25, -0.2) is 0 Å². The average Bonchev–Trinajstić information content (AvgIpc) is 2.54. The molecule has 2 aromatic carbocycles. The van der Waals surface area contributed by atoms with Gasteiger partial charge in [0.05, 0.1) is 13.2 Å². The summed E-state index contributed by atoms with van der Waals surface area (Å²) in [5.41, 5.74) is 0. The topological polar surface area (TPSA) is 18.5 Å². The molecular weight excluding hydrogens is 319 g/mol. The van der Waals surface area contributed by atoms with Gasteiger partial charge in [0.2, 0.25) is 0 Å². The zero-order valence-corrected chi connectivity index (χ0v) is 14.5. The lowest BCUT2D eigenvalue weighted by Gasteiger charge is -2.02. The highest BCUT2D eigenvalue weighted by atomic mass is 35.5. The van der Waals surface area contributed by atoms with Gasteiger partial charge >= 0.3 is 0 Å². The van der Waals surface area contributed by atoms with Gasteiger partial charge in [-0.2, -0.15) is 0 Å². The van der Waals surface area contributed by atoms with Crippen LogP contribution in [0.2, 0.25) is 10.0 Å². The second kappa shape index (κ2) is 11.2. The van der Waals surface area contributed by atoms with E-state index < -0.39 is 0 Å². The Hall–Kier alpha value is -1.38. The molecule has 2 rings (SSSR count). The van der Waals surface area contributed by atoms with Crippen LogP contribution in [0.4, 0.5) is 0 Å². The van der Waals surface area contributed by atoms with Crippen molar-refractivity contribution < 1.29 is 9.47 Å². The molecule has 0 amide bonds. The number of rotatable bonds is 6. The zero-order chi connectivity index (χ0) is 16.2. The average molecular weight is 341 g/mol. The van der Waals surface area contributed by atoms with E-state index in [-0.39, 0.29) is 0 Å². The third kappa shape index (κ3) is 8.16. The Morgan fingerprint density at radius 2 is 0.955 bits per heavy atom. The van der Waals surface area contributed by atoms with Gasteiger partial charge in [-0.1, -0.05) is 37.0 Å². The van der Waals surface area contributed by atoms with Gasteiger partial charge in [0.1, 0.15) is 11.5 Å². The Labute approximate surface area is 143 Å². The van der Waals surface area contributed by atoms with Crippen molar-refractivity contribution in [3.8, 4) is 11.5 Å². The van der Waals surface area contributed by atoms with Gasteiger partial charge in [0, 0.05) is 10.0 Å². The normalized spacial score (nSPS) is 9.64. The van der Waals surface area contributed by atoms with Crippen LogP contribution in [0.1, 0.15) is 26.7 Å². The van der Waals surface area contributed by atoms with E-state index in [2.05, 4.69) is 13.8 Å².